The normalized spacial score (nSPS) is 12.7. The van der Waals surface area contributed by atoms with Crippen LogP contribution in [0.25, 0.3) is 0 Å². The number of carbonyl (C=O) groups is 1. The van der Waals surface area contributed by atoms with Crippen LogP contribution in [0.15, 0.2) is 33.9 Å². The number of hydrogen-bond donors (Lipinski definition) is 2. The fourth-order valence-electron chi connectivity index (χ4n) is 2.97. The second-order valence-corrected chi connectivity index (χ2v) is 6.13. The molecule has 0 saturated heterocycles. The summed E-state index contributed by atoms with van der Waals surface area (Å²) in [5.41, 5.74) is -0.0617. The summed E-state index contributed by atoms with van der Waals surface area (Å²) in [6, 6.07) is 6.41. The van der Waals surface area contributed by atoms with E-state index >= 15 is 0 Å². The van der Waals surface area contributed by atoms with E-state index in [9.17, 15) is 18.8 Å². The van der Waals surface area contributed by atoms with Gasteiger partial charge in [-0.15, -0.1) is 0 Å². The number of carbonyl (C=O) groups excluding carboxylic acids is 1. The first-order chi connectivity index (χ1) is 12.4. The lowest BCUT2D eigenvalue weighted by Crippen LogP contribution is -2.42. The average molecular weight is 361 g/mol. The van der Waals surface area contributed by atoms with Gasteiger partial charge in [-0.05, 0) is 18.1 Å². The minimum atomic E-state index is -0.452. The summed E-state index contributed by atoms with van der Waals surface area (Å²) in [4.78, 5) is 38.1. The van der Waals surface area contributed by atoms with Crippen LogP contribution in [0, 0.1) is 5.82 Å². The zero-order valence-electron chi connectivity index (χ0n) is 14.6. The highest BCUT2D eigenvalue weighted by atomic mass is 19.1. The maximum absolute atomic E-state index is 13.6. The van der Waals surface area contributed by atoms with Gasteiger partial charge >= 0.3 is 5.69 Å². The fourth-order valence-corrected chi connectivity index (χ4v) is 2.97. The highest BCUT2D eigenvalue weighted by molar-refractivity contribution is 5.84. The lowest BCUT2D eigenvalue weighted by Gasteiger charge is -2.17. The second kappa shape index (κ2) is 7.03. The molecule has 3 rings (SSSR count). The van der Waals surface area contributed by atoms with Gasteiger partial charge in [0.05, 0.1) is 13.2 Å². The smallest absolute Gasteiger partial charge is 0.332 e. The minimum Gasteiger partial charge on any atom is -0.354 e. The molecule has 0 atom stereocenters. The summed E-state index contributed by atoms with van der Waals surface area (Å²) >= 11 is 0. The van der Waals surface area contributed by atoms with Crippen molar-refractivity contribution in [3.63, 3.8) is 0 Å². The lowest BCUT2D eigenvalue weighted by molar-refractivity contribution is -0.119. The molecule has 0 fully saturated rings. The Balaban J connectivity index is 1.65. The van der Waals surface area contributed by atoms with E-state index in [0.717, 1.165) is 4.57 Å². The summed E-state index contributed by atoms with van der Waals surface area (Å²) in [6.07, 6.45) is 0.378. The minimum absolute atomic E-state index is 0.0370. The fraction of sp³-hybridized carbons (Fsp3) is 0.353. The van der Waals surface area contributed by atoms with Crippen LogP contribution in [0.5, 0.6) is 0 Å². The molecule has 1 aromatic carbocycles. The molecular weight excluding hydrogens is 341 g/mol. The molecule has 138 valence electrons. The predicted octanol–water partition coefficient (Wildman–Crippen LogP) is -0.229. The number of fused-ring (bicyclic) bond motifs is 1. The van der Waals surface area contributed by atoms with E-state index in [4.69, 9.17) is 0 Å². The molecule has 8 nitrogen and oxygen atoms in total. The number of nitrogens with one attached hydrogen (secondary N) is 2. The van der Waals surface area contributed by atoms with Crippen molar-refractivity contribution in [2.75, 3.05) is 30.0 Å². The topological polar surface area (TPSA) is 88.4 Å². The van der Waals surface area contributed by atoms with Crippen molar-refractivity contribution in [1.29, 1.82) is 0 Å². The molecule has 2 N–H and O–H groups in total. The Kier molecular flexibility index (Phi) is 4.79. The van der Waals surface area contributed by atoms with Gasteiger partial charge < -0.3 is 15.5 Å². The summed E-state index contributed by atoms with van der Waals surface area (Å²) in [7, 11) is 2.96. The van der Waals surface area contributed by atoms with Crippen LogP contribution in [0.3, 0.4) is 0 Å². The van der Waals surface area contributed by atoms with Gasteiger partial charge in [0.2, 0.25) is 5.91 Å². The van der Waals surface area contributed by atoms with Crippen molar-refractivity contribution in [2.24, 2.45) is 14.1 Å². The van der Waals surface area contributed by atoms with Crippen molar-refractivity contribution < 1.29 is 9.18 Å². The van der Waals surface area contributed by atoms with E-state index in [0.29, 0.717) is 30.0 Å². The van der Waals surface area contributed by atoms with E-state index in [-0.39, 0.29) is 24.9 Å². The number of hydrogen-bond acceptors (Lipinski definition) is 5. The van der Waals surface area contributed by atoms with Crippen molar-refractivity contribution in [2.45, 2.75) is 6.42 Å². The van der Waals surface area contributed by atoms with Crippen LogP contribution in [0.1, 0.15) is 5.56 Å². The van der Waals surface area contributed by atoms with E-state index in [2.05, 4.69) is 10.6 Å². The Hall–Kier alpha value is -3.10. The standard InChI is InChI=1S/C17H20FN5O3/c1-21-15-14(16(25)22(2)17(21)26)23(10-20-15)9-13(24)19-8-7-11-5-3-4-6-12(11)18/h3-6,20H,7-10H2,1-2H3,(H,19,24). The molecule has 0 spiro atoms. The monoisotopic (exact) mass is 361 g/mol. The molecule has 26 heavy (non-hydrogen) atoms. The lowest BCUT2D eigenvalue weighted by atomic mass is 10.1. The number of aromatic nitrogens is 2. The van der Waals surface area contributed by atoms with Crippen molar-refractivity contribution in [3.8, 4) is 0 Å². The van der Waals surface area contributed by atoms with E-state index in [1.54, 1.807) is 30.1 Å². The van der Waals surface area contributed by atoms with Gasteiger partial charge in [-0.2, -0.15) is 0 Å². The number of benzene rings is 1. The van der Waals surface area contributed by atoms with Crippen molar-refractivity contribution in [1.82, 2.24) is 14.5 Å². The third-order valence-electron chi connectivity index (χ3n) is 4.40. The number of rotatable bonds is 5. The van der Waals surface area contributed by atoms with E-state index in [1.807, 2.05) is 0 Å². The molecule has 1 aliphatic rings. The number of halogens is 1. The molecule has 0 bridgehead atoms. The molecule has 1 aromatic heterocycles. The quantitative estimate of drug-likeness (QED) is 0.768. The molecule has 0 radical (unpaired) electrons. The highest BCUT2D eigenvalue weighted by Crippen LogP contribution is 2.24. The number of anilines is 2. The Morgan fingerprint density at radius 2 is 1.96 bits per heavy atom. The van der Waals surface area contributed by atoms with Crippen LogP contribution < -0.4 is 26.8 Å². The van der Waals surface area contributed by atoms with Gasteiger partial charge in [0.15, 0.2) is 0 Å². The first-order valence-electron chi connectivity index (χ1n) is 8.19. The second-order valence-electron chi connectivity index (χ2n) is 6.13. The molecule has 2 aromatic rings. The zero-order chi connectivity index (χ0) is 18.8. The maximum atomic E-state index is 13.6. The largest absolute Gasteiger partial charge is 0.354 e. The Bertz CT molecular complexity index is 966. The van der Waals surface area contributed by atoms with Crippen LogP contribution in [-0.4, -0.2) is 34.8 Å². The Morgan fingerprint density at radius 1 is 1.23 bits per heavy atom. The molecular formula is C17H20FN5O3. The highest BCUT2D eigenvalue weighted by Gasteiger charge is 2.27. The van der Waals surface area contributed by atoms with Gasteiger partial charge in [0, 0.05) is 20.6 Å². The first kappa shape index (κ1) is 17.7. The molecule has 0 aliphatic carbocycles. The average Bonchev–Trinajstić information content (AvgIpc) is 3.03. The van der Waals surface area contributed by atoms with Crippen molar-refractivity contribution >= 4 is 17.4 Å². The van der Waals surface area contributed by atoms with Crippen molar-refractivity contribution in [3.05, 3.63) is 56.5 Å². The van der Waals surface area contributed by atoms with Crippen LogP contribution >= 0.6 is 0 Å². The zero-order valence-corrected chi connectivity index (χ0v) is 14.6. The molecule has 2 heterocycles. The summed E-state index contributed by atoms with van der Waals surface area (Å²) in [6.45, 7) is 0.506. The van der Waals surface area contributed by atoms with Crippen LogP contribution in [0.4, 0.5) is 15.9 Å². The van der Waals surface area contributed by atoms with Gasteiger partial charge in [-0.3, -0.25) is 18.7 Å². The van der Waals surface area contributed by atoms with Gasteiger partial charge in [0.25, 0.3) is 5.56 Å². The molecule has 1 aliphatic heterocycles. The number of nitrogens with zero attached hydrogens (tertiary/aromatic N) is 3. The Labute approximate surface area is 148 Å². The maximum Gasteiger partial charge on any atom is 0.332 e. The SMILES string of the molecule is Cn1c2c(c(=O)n(C)c1=O)N(CC(=O)NCCc1ccccc1F)CN2. The number of amides is 1. The van der Waals surface area contributed by atoms with E-state index < -0.39 is 11.2 Å². The third-order valence-corrected chi connectivity index (χ3v) is 4.40. The van der Waals surface area contributed by atoms with Gasteiger partial charge in [-0.1, -0.05) is 18.2 Å². The molecule has 0 saturated carbocycles. The van der Waals surface area contributed by atoms with E-state index in [1.165, 1.54) is 17.7 Å². The molecule has 9 heteroatoms. The Morgan fingerprint density at radius 3 is 2.69 bits per heavy atom. The summed E-state index contributed by atoms with van der Waals surface area (Å²) < 4.78 is 15.9. The van der Waals surface area contributed by atoms with Crippen LogP contribution in [-0.2, 0) is 25.3 Å². The van der Waals surface area contributed by atoms with Gasteiger partial charge in [0.1, 0.15) is 17.3 Å². The third kappa shape index (κ3) is 3.19. The summed E-state index contributed by atoms with van der Waals surface area (Å²) in [5.74, 6) is -0.187. The molecule has 0 unspecified atom stereocenters. The first-order valence-corrected chi connectivity index (χ1v) is 8.19. The summed E-state index contributed by atoms with van der Waals surface area (Å²) in [5, 5.41) is 5.69. The predicted molar refractivity (Wildman–Crippen MR) is 95.9 cm³/mol. The van der Waals surface area contributed by atoms with Crippen LogP contribution in [0.2, 0.25) is 0 Å². The van der Waals surface area contributed by atoms with Gasteiger partial charge in [-0.25, -0.2) is 9.18 Å². The molecule has 1 amide bonds.